The molecule has 0 aromatic heterocycles. The number of nitro benzene ring substituents is 1. The molecule has 0 N–H and O–H groups in total. The van der Waals surface area contributed by atoms with Gasteiger partial charge in [0.05, 0.1) is 10.5 Å². The molecule has 0 saturated carbocycles. The first-order chi connectivity index (χ1) is 9.90. The average molecular weight is 400 g/mol. The predicted octanol–water partition coefficient (Wildman–Crippen LogP) is 3.62. The van der Waals surface area contributed by atoms with Crippen molar-refractivity contribution in [3.05, 3.63) is 67.5 Å². The summed E-state index contributed by atoms with van der Waals surface area (Å²) in [5, 5.41) is 10.8. The second-order valence-corrected chi connectivity index (χ2v) is 5.43. The van der Waals surface area contributed by atoms with Gasteiger partial charge in [0, 0.05) is 28.4 Å². The van der Waals surface area contributed by atoms with Gasteiger partial charge in [0.2, 0.25) is 0 Å². The minimum atomic E-state index is -0.560. The van der Waals surface area contributed by atoms with Gasteiger partial charge < -0.3 is 4.90 Å². The van der Waals surface area contributed by atoms with Crippen LogP contribution in [0.1, 0.15) is 10.4 Å². The van der Waals surface area contributed by atoms with Crippen LogP contribution in [0, 0.1) is 19.5 Å². The monoisotopic (exact) mass is 400 g/mol. The number of nitrogens with zero attached hydrogens (tertiary/aromatic N) is 2. The van der Waals surface area contributed by atoms with Crippen LogP contribution in [-0.4, -0.2) is 17.9 Å². The Kier molecular flexibility index (Phi) is 4.51. The number of anilines is 1. The molecule has 0 unspecified atom stereocenters. The number of nitro groups is 1. The van der Waals surface area contributed by atoms with Crippen LogP contribution in [0.2, 0.25) is 0 Å². The van der Waals surface area contributed by atoms with Gasteiger partial charge in [-0.05, 0) is 46.9 Å². The molecule has 2 aromatic carbocycles. The molecule has 108 valence electrons. The lowest BCUT2D eigenvalue weighted by atomic mass is 10.1. The van der Waals surface area contributed by atoms with Crippen molar-refractivity contribution in [2.75, 3.05) is 11.9 Å². The largest absolute Gasteiger partial charge is 0.311 e. The van der Waals surface area contributed by atoms with Crippen molar-refractivity contribution in [1.29, 1.82) is 0 Å². The molecule has 0 radical (unpaired) electrons. The molecule has 2 rings (SSSR count). The Morgan fingerprint density at radius 1 is 1.29 bits per heavy atom. The van der Waals surface area contributed by atoms with E-state index in [0.29, 0.717) is 9.26 Å². The Morgan fingerprint density at radius 2 is 2.00 bits per heavy atom. The van der Waals surface area contributed by atoms with Crippen molar-refractivity contribution in [2.24, 2.45) is 0 Å². The van der Waals surface area contributed by atoms with Gasteiger partial charge >= 0.3 is 0 Å². The zero-order valence-corrected chi connectivity index (χ0v) is 13.1. The van der Waals surface area contributed by atoms with Crippen LogP contribution >= 0.6 is 22.6 Å². The average Bonchev–Trinajstić information content (AvgIpc) is 2.46. The third-order valence-corrected chi connectivity index (χ3v) is 3.83. The molecule has 0 heterocycles. The zero-order chi connectivity index (χ0) is 15.6. The number of rotatable bonds is 3. The van der Waals surface area contributed by atoms with Gasteiger partial charge in [-0.15, -0.1) is 0 Å². The van der Waals surface area contributed by atoms with E-state index in [1.54, 1.807) is 6.07 Å². The summed E-state index contributed by atoms with van der Waals surface area (Å²) >= 11 is 1.93. The van der Waals surface area contributed by atoms with E-state index >= 15 is 0 Å². The summed E-state index contributed by atoms with van der Waals surface area (Å²) in [7, 11) is 1.49. The summed E-state index contributed by atoms with van der Waals surface area (Å²) in [5.41, 5.74) is 0.422. The number of amides is 1. The summed E-state index contributed by atoms with van der Waals surface area (Å²) < 4.78 is 13.8. The molecule has 0 atom stereocenters. The molecule has 0 spiro atoms. The third-order valence-electron chi connectivity index (χ3n) is 2.89. The molecule has 0 saturated heterocycles. The van der Waals surface area contributed by atoms with Gasteiger partial charge in [-0.1, -0.05) is 6.07 Å². The van der Waals surface area contributed by atoms with Crippen molar-refractivity contribution in [3.8, 4) is 0 Å². The number of carbonyl (C=O) groups excluding carboxylic acids is 1. The zero-order valence-electron chi connectivity index (χ0n) is 10.9. The fourth-order valence-corrected chi connectivity index (χ4v) is 2.34. The maximum atomic E-state index is 13.2. The molecule has 0 fully saturated rings. The Bertz CT molecular complexity index is 721. The second kappa shape index (κ2) is 6.17. The second-order valence-electron chi connectivity index (χ2n) is 4.27. The summed E-state index contributed by atoms with van der Waals surface area (Å²) in [5.74, 6) is -0.894. The van der Waals surface area contributed by atoms with E-state index in [1.807, 2.05) is 22.6 Å². The number of carbonyl (C=O) groups is 1. The molecule has 21 heavy (non-hydrogen) atoms. The standard InChI is InChI=1S/C14H10FIN2O3/c1-17(10-4-2-3-9(15)7-10)14(19)12-8-11(18(20)21)5-6-13(12)16/h2-8H,1H3. The first-order valence-corrected chi connectivity index (χ1v) is 6.95. The van der Waals surface area contributed by atoms with Crippen molar-refractivity contribution in [3.63, 3.8) is 0 Å². The maximum absolute atomic E-state index is 13.2. The topological polar surface area (TPSA) is 63.5 Å². The normalized spacial score (nSPS) is 10.2. The number of hydrogen-bond acceptors (Lipinski definition) is 3. The van der Waals surface area contributed by atoms with Crippen LogP contribution in [0.4, 0.5) is 15.8 Å². The molecule has 0 bridgehead atoms. The summed E-state index contributed by atoms with van der Waals surface area (Å²) in [6, 6.07) is 9.64. The Labute approximate surface area is 133 Å². The lowest BCUT2D eigenvalue weighted by Crippen LogP contribution is -2.27. The molecule has 1 amide bonds. The van der Waals surface area contributed by atoms with E-state index < -0.39 is 16.6 Å². The van der Waals surface area contributed by atoms with Gasteiger partial charge in [0.15, 0.2) is 0 Å². The van der Waals surface area contributed by atoms with Crippen LogP contribution in [0.25, 0.3) is 0 Å². The van der Waals surface area contributed by atoms with Crippen molar-refractivity contribution >= 4 is 39.9 Å². The molecule has 5 nitrogen and oxygen atoms in total. The predicted molar refractivity (Wildman–Crippen MR) is 84.9 cm³/mol. The number of benzene rings is 2. The molecule has 0 aliphatic heterocycles. The van der Waals surface area contributed by atoms with E-state index in [4.69, 9.17) is 0 Å². The first kappa shape index (κ1) is 15.4. The van der Waals surface area contributed by atoms with Gasteiger partial charge in [-0.2, -0.15) is 0 Å². The van der Waals surface area contributed by atoms with Crippen molar-refractivity contribution in [2.45, 2.75) is 0 Å². The van der Waals surface area contributed by atoms with E-state index in [0.717, 1.165) is 0 Å². The fourth-order valence-electron chi connectivity index (χ4n) is 1.77. The van der Waals surface area contributed by atoms with Crippen molar-refractivity contribution in [1.82, 2.24) is 0 Å². The van der Waals surface area contributed by atoms with Crippen LogP contribution < -0.4 is 4.90 Å². The molecule has 0 aliphatic carbocycles. The first-order valence-electron chi connectivity index (χ1n) is 5.87. The SMILES string of the molecule is CN(C(=O)c1cc([N+](=O)[O-])ccc1I)c1cccc(F)c1. The maximum Gasteiger partial charge on any atom is 0.270 e. The fraction of sp³-hybridized carbons (Fsp3) is 0.0714. The van der Waals surface area contributed by atoms with Crippen molar-refractivity contribution < 1.29 is 14.1 Å². The van der Waals surface area contributed by atoms with E-state index in [2.05, 4.69) is 0 Å². The van der Waals surface area contributed by atoms with E-state index in [9.17, 15) is 19.3 Å². The van der Waals surface area contributed by atoms with E-state index in [-0.39, 0.29) is 11.3 Å². The number of hydrogen-bond donors (Lipinski definition) is 0. The molecular weight excluding hydrogens is 390 g/mol. The molecular formula is C14H10FIN2O3. The third kappa shape index (κ3) is 3.35. The lowest BCUT2D eigenvalue weighted by Gasteiger charge is -2.18. The Balaban J connectivity index is 2.39. The van der Waals surface area contributed by atoms with E-state index in [1.165, 1.54) is 48.3 Å². The highest BCUT2D eigenvalue weighted by atomic mass is 127. The number of halogens is 2. The summed E-state index contributed by atoms with van der Waals surface area (Å²) in [6.07, 6.45) is 0. The Morgan fingerprint density at radius 3 is 2.62 bits per heavy atom. The Hall–Kier alpha value is -2.03. The van der Waals surface area contributed by atoms with Gasteiger partial charge in [-0.25, -0.2) is 4.39 Å². The quantitative estimate of drug-likeness (QED) is 0.449. The van der Waals surface area contributed by atoms with Gasteiger partial charge in [0.1, 0.15) is 5.82 Å². The van der Waals surface area contributed by atoms with Gasteiger partial charge in [0.25, 0.3) is 11.6 Å². The van der Waals surface area contributed by atoms with Crippen LogP contribution in [-0.2, 0) is 0 Å². The number of non-ortho nitro benzene ring substituents is 1. The summed E-state index contributed by atoms with van der Waals surface area (Å²) in [6.45, 7) is 0. The highest BCUT2D eigenvalue weighted by Crippen LogP contribution is 2.23. The van der Waals surface area contributed by atoms with Crippen LogP contribution in [0.15, 0.2) is 42.5 Å². The molecule has 7 heteroatoms. The highest BCUT2D eigenvalue weighted by molar-refractivity contribution is 14.1. The smallest absolute Gasteiger partial charge is 0.270 e. The van der Waals surface area contributed by atoms with Crippen LogP contribution in [0.5, 0.6) is 0 Å². The summed E-state index contributed by atoms with van der Waals surface area (Å²) in [4.78, 5) is 23.9. The minimum Gasteiger partial charge on any atom is -0.311 e. The highest BCUT2D eigenvalue weighted by Gasteiger charge is 2.19. The molecule has 2 aromatic rings. The van der Waals surface area contributed by atoms with Crippen LogP contribution in [0.3, 0.4) is 0 Å². The lowest BCUT2D eigenvalue weighted by molar-refractivity contribution is -0.384. The minimum absolute atomic E-state index is 0.161. The van der Waals surface area contributed by atoms with Gasteiger partial charge in [-0.3, -0.25) is 14.9 Å². The molecule has 0 aliphatic rings.